The fourth-order valence-electron chi connectivity index (χ4n) is 3.68. The summed E-state index contributed by atoms with van der Waals surface area (Å²) in [6.45, 7) is -0.0491. The summed E-state index contributed by atoms with van der Waals surface area (Å²) in [6, 6.07) is 17.9. The molecule has 4 aromatic rings. The monoisotopic (exact) mass is 476 g/mol. The van der Waals surface area contributed by atoms with Crippen molar-refractivity contribution >= 4 is 28.5 Å². The maximum absolute atomic E-state index is 13.3. The number of aliphatic carboxylic acids is 1. The molecular weight excluding hydrogens is 455 g/mol. The van der Waals surface area contributed by atoms with Crippen molar-refractivity contribution in [3.05, 3.63) is 100 Å². The molecule has 0 aliphatic rings. The lowest BCUT2D eigenvalue weighted by Crippen LogP contribution is -2.29. The van der Waals surface area contributed by atoms with Crippen molar-refractivity contribution in [3.63, 3.8) is 0 Å². The van der Waals surface area contributed by atoms with Crippen LogP contribution in [0.15, 0.2) is 77.6 Å². The summed E-state index contributed by atoms with van der Waals surface area (Å²) in [5, 5.41) is 31.2. The Kier molecular flexibility index (Phi) is 6.93. The predicted octanol–water partition coefficient (Wildman–Crippen LogP) is 3.01. The number of carboxylic acids is 1. The Morgan fingerprint density at radius 1 is 1.03 bits per heavy atom. The average molecular weight is 476 g/mol. The second-order valence-electron chi connectivity index (χ2n) is 7.90. The van der Waals surface area contributed by atoms with E-state index < -0.39 is 35.3 Å². The lowest BCUT2D eigenvalue weighted by atomic mass is 9.92. The van der Waals surface area contributed by atoms with E-state index in [1.165, 1.54) is 42.5 Å². The molecule has 0 saturated heterocycles. The van der Waals surface area contributed by atoms with Crippen molar-refractivity contribution in [1.82, 2.24) is 15.0 Å². The molecule has 0 fully saturated rings. The summed E-state index contributed by atoms with van der Waals surface area (Å²) in [6.07, 6.45) is -1.44. The van der Waals surface area contributed by atoms with Crippen LogP contribution in [-0.2, 0) is 11.3 Å². The van der Waals surface area contributed by atoms with Crippen molar-refractivity contribution < 1.29 is 24.2 Å². The highest BCUT2D eigenvalue weighted by molar-refractivity contribution is 6.04. The van der Waals surface area contributed by atoms with Crippen LogP contribution in [0.25, 0.3) is 10.9 Å². The summed E-state index contributed by atoms with van der Waals surface area (Å²) in [4.78, 5) is 36.7. The van der Waals surface area contributed by atoms with Crippen LogP contribution < -0.4 is 10.9 Å². The Hall–Kier alpha value is -4.44. The number of anilines is 1. The zero-order valence-corrected chi connectivity index (χ0v) is 18.3. The summed E-state index contributed by atoms with van der Waals surface area (Å²) in [5.74, 6) is -3.50. The van der Waals surface area contributed by atoms with E-state index >= 15 is 0 Å². The molecule has 10 heteroatoms. The topological polar surface area (TPSA) is 134 Å². The molecule has 3 N–H and O–H groups in total. The van der Waals surface area contributed by atoms with Crippen LogP contribution in [0.2, 0.25) is 0 Å². The van der Waals surface area contributed by atoms with Crippen LogP contribution in [0.5, 0.6) is 0 Å². The number of hydrogen-bond donors (Lipinski definition) is 3. The number of aryl methyl sites for hydroxylation is 1. The third-order valence-corrected chi connectivity index (χ3v) is 5.58. The fourth-order valence-corrected chi connectivity index (χ4v) is 3.68. The van der Waals surface area contributed by atoms with Gasteiger partial charge in [-0.2, -0.15) is 0 Å². The van der Waals surface area contributed by atoms with Crippen molar-refractivity contribution in [3.8, 4) is 0 Å². The normalized spacial score (nSPS) is 12.7. The third-order valence-electron chi connectivity index (χ3n) is 5.58. The summed E-state index contributed by atoms with van der Waals surface area (Å²) in [5.41, 5.74) is 0.894. The first-order chi connectivity index (χ1) is 16.8. The smallest absolute Gasteiger partial charge is 0.309 e. The van der Waals surface area contributed by atoms with E-state index in [0.29, 0.717) is 22.2 Å². The molecule has 0 saturated carbocycles. The Bertz CT molecular complexity index is 1440. The molecule has 9 nitrogen and oxygen atoms in total. The van der Waals surface area contributed by atoms with Gasteiger partial charge in [0.05, 0.1) is 17.4 Å². The fraction of sp³-hybridized carbons (Fsp3) is 0.160. The molecule has 0 aliphatic carbocycles. The van der Waals surface area contributed by atoms with Crippen LogP contribution in [0.3, 0.4) is 0 Å². The number of benzene rings is 3. The van der Waals surface area contributed by atoms with E-state index in [4.69, 9.17) is 0 Å². The SMILES string of the molecule is O=C(Nc1ccc([C@@H](O)[C@H](CCn2nnc3ccccc3c2=O)C(=O)O)cc1)c1cccc(F)c1. The van der Waals surface area contributed by atoms with Crippen LogP contribution in [0.1, 0.15) is 28.4 Å². The van der Waals surface area contributed by atoms with Gasteiger partial charge in [-0.3, -0.25) is 14.4 Å². The molecule has 0 spiro atoms. The van der Waals surface area contributed by atoms with Crippen LogP contribution in [0, 0.1) is 11.7 Å². The number of amides is 1. The van der Waals surface area contributed by atoms with Gasteiger partial charge >= 0.3 is 5.97 Å². The maximum atomic E-state index is 13.3. The van der Waals surface area contributed by atoms with E-state index in [-0.39, 0.29) is 18.5 Å². The molecule has 0 aliphatic heterocycles. The second kappa shape index (κ2) is 10.2. The molecule has 1 aromatic heterocycles. The number of carbonyl (C=O) groups excluding carboxylic acids is 1. The number of fused-ring (bicyclic) bond motifs is 1. The van der Waals surface area contributed by atoms with Gasteiger partial charge < -0.3 is 15.5 Å². The van der Waals surface area contributed by atoms with Crippen LogP contribution >= 0.6 is 0 Å². The van der Waals surface area contributed by atoms with Gasteiger partial charge in [0.15, 0.2) is 0 Å². The van der Waals surface area contributed by atoms with Gasteiger partial charge in [-0.25, -0.2) is 9.07 Å². The van der Waals surface area contributed by atoms with Gasteiger partial charge in [0, 0.05) is 17.8 Å². The van der Waals surface area contributed by atoms with Gasteiger partial charge in [0.2, 0.25) is 0 Å². The second-order valence-corrected chi connectivity index (χ2v) is 7.90. The van der Waals surface area contributed by atoms with Gasteiger partial charge in [-0.05, 0) is 54.4 Å². The predicted molar refractivity (Wildman–Crippen MR) is 125 cm³/mol. The summed E-state index contributed by atoms with van der Waals surface area (Å²) in [7, 11) is 0. The van der Waals surface area contributed by atoms with E-state index in [0.717, 1.165) is 10.7 Å². The Morgan fingerprint density at radius 3 is 2.49 bits per heavy atom. The lowest BCUT2D eigenvalue weighted by molar-refractivity contribution is -0.146. The van der Waals surface area contributed by atoms with E-state index in [2.05, 4.69) is 15.6 Å². The molecule has 1 amide bonds. The van der Waals surface area contributed by atoms with Crippen molar-refractivity contribution in [2.75, 3.05) is 5.32 Å². The molecule has 3 aromatic carbocycles. The van der Waals surface area contributed by atoms with Gasteiger partial charge in [0.1, 0.15) is 11.3 Å². The third kappa shape index (κ3) is 5.39. The molecule has 4 rings (SSSR count). The van der Waals surface area contributed by atoms with Gasteiger partial charge in [-0.1, -0.05) is 35.5 Å². The zero-order valence-electron chi connectivity index (χ0n) is 18.3. The number of halogens is 1. The maximum Gasteiger partial charge on any atom is 0.309 e. The molecule has 35 heavy (non-hydrogen) atoms. The number of hydrogen-bond acceptors (Lipinski definition) is 6. The molecule has 0 bridgehead atoms. The first-order valence-corrected chi connectivity index (χ1v) is 10.7. The minimum absolute atomic E-state index is 0.0491. The summed E-state index contributed by atoms with van der Waals surface area (Å²) < 4.78 is 14.4. The number of aliphatic hydroxyl groups excluding tert-OH is 1. The first kappa shape index (κ1) is 23.7. The van der Waals surface area contributed by atoms with Crippen molar-refractivity contribution in [2.45, 2.75) is 19.1 Å². The number of rotatable bonds is 8. The molecule has 1 heterocycles. The molecule has 0 unspecified atom stereocenters. The number of carbonyl (C=O) groups is 2. The lowest BCUT2D eigenvalue weighted by Gasteiger charge is -2.20. The number of aliphatic hydroxyl groups is 1. The van der Waals surface area contributed by atoms with Crippen LogP contribution in [0.4, 0.5) is 10.1 Å². The van der Waals surface area contributed by atoms with Gasteiger partial charge in [0.25, 0.3) is 11.5 Å². The largest absolute Gasteiger partial charge is 0.481 e. The van der Waals surface area contributed by atoms with E-state index in [9.17, 15) is 29.0 Å². The van der Waals surface area contributed by atoms with Crippen molar-refractivity contribution in [2.24, 2.45) is 5.92 Å². The van der Waals surface area contributed by atoms with E-state index in [1.54, 1.807) is 24.3 Å². The summed E-state index contributed by atoms with van der Waals surface area (Å²) >= 11 is 0. The van der Waals surface area contributed by atoms with E-state index in [1.807, 2.05) is 0 Å². The molecular formula is C25H21FN4O5. The Balaban J connectivity index is 1.45. The number of nitrogens with zero attached hydrogens (tertiary/aromatic N) is 3. The number of aromatic nitrogens is 3. The minimum Gasteiger partial charge on any atom is -0.481 e. The highest BCUT2D eigenvalue weighted by atomic mass is 19.1. The molecule has 178 valence electrons. The van der Waals surface area contributed by atoms with Crippen molar-refractivity contribution in [1.29, 1.82) is 0 Å². The average Bonchev–Trinajstić information content (AvgIpc) is 2.85. The Morgan fingerprint density at radius 2 is 1.77 bits per heavy atom. The van der Waals surface area contributed by atoms with Crippen LogP contribution in [-0.4, -0.2) is 37.1 Å². The number of nitrogens with one attached hydrogen (secondary N) is 1. The molecule has 0 radical (unpaired) electrons. The molecule has 2 atom stereocenters. The standard InChI is InChI=1S/C25H21FN4O5/c26-17-5-3-4-16(14-17)23(32)27-18-10-8-15(9-11-18)22(31)20(25(34)35)12-13-30-24(33)19-6-1-2-7-21(19)28-29-30/h1-11,14,20,22,31H,12-13H2,(H,27,32)(H,34,35)/t20-,22+/m0/s1. The highest BCUT2D eigenvalue weighted by Gasteiger charge is 2.28. The zero-order chi connectivity index (χ0) is 24.9. The van der Waals surface area contributed by atoms with Gasteiger partial charge in [-0.15, -0.1) is 5.10 Å². The Labute approximate surface area is 198 Å². The number of carboxylic acid groups (broad SMARTS) is 1. The minimum atomic E-state index is -1.37. The quantitative estimate of drug-likeness (QED) is 0.356. The first-order valence-electron chi connectivity index (χ1n) is 10.7. The highest BCUT2D eigenvalue weighted by Crippen LogP contribution is 2.27.